The molecule has 0 saturated carbocycles. The Balaban J connectivity index is 0.000000338. The molecule has 0 saturated heterocycles. The van der Waals surface area contributed by atoms with E-state index in [-0.39, 0.29) is 80.7 Å². The molecule has 5 aromatic carbocycles. The zero-order valence-corrected chi connectivity index (χ0v) is 38.5. The number of ether oxygens (including phenoxy) is 6. The molecule has 7 rings (SSSR count). The van der Waals surface area contributed by atoms with E-state index in [9.17, 15) is 14.7 Å². The monoisotopic (exact) mass is 881 g/mol. The maximum absolute atomic E-state index is 12.7. The van der Waals surface area contributed by atoms with Gasteiger partial charge in [0.1, 0.15) is 61.8 Å². The summed E-state index contributed by atoms with van der Waals surface area (Å²) >= 11 is 0. The quantitative estimate of drug-likeness (QED) is 0.0833. The number of aliphatic carboxylic acids is 1. The van der Waals surface area contributed by atoms with Gasteiger partial charge in [-0.25, -0.2) is 0 Å². The Hall–Kier alpha value is -6.00. The molecule has 0 fully saturated rings. The van der Waals surface area contributed by atoms with Crippen molar-refractivity contribution < 1.29 is 87.8 Å². The smallest absolute Gasteiger partial charge is 0.870 e. The Morgan fingerprint density at radius 1 is 0.547 bits per heavy atom. The van der Waals surface area contributed by atoms with Crippen LogP contribution in [0.5, 0.6) is 28.7 Å². The van der Waals surface area contributed by atoms with E-state index in [2.05, 4.69) is 10.3 Å². The molecule has 2 aliphatic heterocycles. The molecule has 64 heavy (non-hydrogen) atoms. The van der Waals surface area contributed by atoms with Gasteiger partial charge < -0.3 is 48.7 Å². The Kier molecular flexibility index (Phi) is 22.3. The molecule has 2 heterocycles. The first kappa shape index (κ1) is 52.3. The number of hydrogen-bond donors (Lipinski definition) is 1. The number of esters is 1. The number of methoxy groups -OCH3 is 3. The fraction of sp³-hybridized carbons (Fsp3) is 0.292. The minimum absolute atomic E-state index is 0. The summed E-state index contributed by atoms with van der Waals surface area (Å²) < 4.78 is 32.7. The molecule has 0 amide bonds. The topological polar surface area (TPSA) is 183 Å². The van der Waals surface area contributed by atoms with Crippen LogP contribution < -0.4 is 53.2 Å². The number of carbonyl (C=O) groups excluding carboxylic acids is 1. The number of oxime groups is 2. The van der Waals surface area contributed by atoms with Gasteiger partial charge in [0.05, 0.1) is 45.6 Å². The molecule has 14 nitrogen and oxygen atoms in total. The average Bonchev–Trinajstić information content (AvgIpc) is 4.05. The van der Waals surface area contributed by atoms with Gasteiger partial charge in [-0.15, -0.1) is 0 Å². The maximum atomic E-state index is 12.7. The summed E-state index contributed by atoms with van der Waals surface area (Å²) in [5.74, 6) is 2.22. The fourth-order valence-corrected chi connectivity index (χ4v) is 6.64. The molecule has 3 radical (unpaired) electrons. The Bertz CT molecular complexity index is 2220. The van der Waals surface area contributed by atoms with Crippen molar-refractivity contribution in [3.63, 3.8) is 0 Å². The normalized spacial score (nSPS) is 13.1. The van der Waals surface area contributed by atoms with Crippen LogP contribution in [0.3, 0.4) is 0 Å². The van der Waals surface area contributed by atoms with Gasteiger partial charge in [0.2, 0.25) is 0 Å². The zero-order chi connectivity index (χ0) is 42.8. The van der Waals surface area contributed by atoms with Gasteiger partial charge in [-0.1, -0.05) is 71.0 Å². The standard InChI is InChI=1S/C28H29NO6.C20H21NO5.B.Na.H2O/c1-31-23-9-3-20(4-10-23)18-33-25-13-7-22(8-14-25)26(27-15-16-35-29-27)17-28(30)34-19-21-5-11-24(32-2)12-6-21;1-24-16-6-2-14(3-7-16)13-25-17-8-4-15(5-9-17)18(12-20(22)23)19-10-11-26-21-19;;;/h3-14,26H,15-19H2,1-2H3;2-9,18H,10-13H2,1H3,(H,22,23);;;1H2/q;;;+1;/p-1. The molecule has 2 unspecified atom stereocenters. The minimum atomic E-state index is -0.857. The van der Waals surface area contributed by atoms with Crippen molar-refractivity contribution in [1.82, 2.24) is 0 Å². The van der Waals surface area contributed by atoms with Gasteiger partial charge in [-0.3, -0.25) is 9.59 Å². The van der Waals surface area contributed by atoms with Crippen LogP contribution in [-0.4, -0.2) is 76.9 Å². The summed E-state index contributed by atoms with van der Waals surface area (Å²) in [7, 11) is 4.89. The van der Waals surface area contributed by atoms with Crippen LogP contribution in [0.15, 0.2) is 132 Å². The summed E-state index contributed by atoms with van der Waals surface area (Å²) in [5.41, 5.74) is 6.47. The van der Waals surface area contributed by atoms with Gasteiger partial charge in [0, 0.05) is 33.1 Å². The first-order valence-corrected chi connectivity index (χ1v) is 19.9. The summed E-state index contributed by atoms with van der Waals surface area (Å²) in [4.78, 5) is 34.1. The van der Waals surface area contributed by atoms with Gasteiger partial charge in [-0.2, -0.15) is 0 Å². The van der Waals surface area contributed by atoms with E-state index >= 15 is 0 Å². The molecule has 2 N–H and O–H groups in total. The van der Waals surface area contributed by atoms with Crippen LogP contribution in [-0.2, 0) is 43.8 Å². The average molecular weight is 882 g/mol. The largest absolute Gasteiger partial charge is 1.00 e. The third kappa shape index (κ3) is 16.0. The molecular formula is C48H51BN2NaO12. The second-order valence-electron chi connectivity index (χ2n) is 14.2. The van der Waals surface area contributed by atoms with Crippen LogP contribution in [0.1, 0.15) is 65.3 Å². The van der Waals surface area contributed by atoms with E-state index in [0.29, 0.717) is 39.3 Å². The van der Waals surface area contributed by atoms with Crippen molar-refractivity contribution in [2.45, 2.75) is 57.3 Å². The number of nitrogens with zero attached hydrogens (tertiary/aromatic N) is 2. The van der Waals surface area contributed by atoms with Crippen molar-refractivity contribution in [2.24, 2.45) is 10.3 Å². The predicted molar refractivity (Wildman–Crippen MR) is 236 cm³/mol. The third-order valence-electron chi connectivity index (χ3n) is 10.1. The first-order valence-electron chi connectivity index (χ1n) is 19.9. The Labute approximate surface area is 397 Å². The van der Waals surface area contributed by atoms with Gasteiger partial charge in [-0.05, 0) is 88.5 Å². The van der Waals surface area contributed by atoms with Gasteiger partial charge in [0.15, 0.2) is 0 Å². The molecule has 0 aliphatic carbocycles. The number of carbonyl (C=O) groups is 2. The van der Waals surface area contributed by atoms with Gasteiger partial charge in [0.25, 0.3) is 0 Å². The van der Waals surface area contributed by atoms with E-state index in [0.717, 1.165) is 68.0 Å². The van der Waals surface area contributed by atoms with E-state index in [1.807, 2.05) is 121 Å². The van der Waals surface area contributed by atoms with E-state index in [4.69, 9.17) is 38.1 Å². The molecule has 5 aromatic rings. The molecule has 16 heteroatoms. The summed E-state index contributed by atoms with van der Waals surface area (Å²) in [5, 5.41) is 17.3. The predicted octanol–water partition coefficient (Wildman–Crippen LogP) is 5.33. The summed E-state index contributed by atoms with van der Waals surface area (Å²) in [6, 6.07) is 38.1. The van der Waals surface area contributed by atoms with Crippen molar-refractivity contribution in [3.8, 4) is 28.7 Å². The molecule has 329 valence electrons. The van der Waals surface area contributed by atoms with Crippen LogP contribution in [0.4, 0.5) is 0 Å². The third-order valence-corrected chi connectivity index (χ3v) is 10.1. The second-order valence-corrected chi connectivity index (χ2v) is 14.2. The SMILES string of the molecule is COc1ccc(COC(=O)CC(C2=NOCC2)c2ccc(OCc3ccc(OC)cc3)cc2)cc1.COc1ccc(COc2ccc(C(CC(=O)O)C3=NOCC3)cc2)cc1.[B].[Na+].[OH-]. The number of hydrogen-bond acceptors (Lipinski definition) is 13. The molecule has 0 bridgehead atoms. The van der Waals surface area contributed by atoms with E-state index in [1.165, 1.54) is 0 Å². The molecule has 0 spiro atoms. The van der Waals surface area contributed by atoms with Crippen molar-refractivity contribution in [1.29, 1.82) is 0 Å². The molecule has 0 aromatic heterocycles. The van der Waals surface area contributed by atoms with Gasteiger partial charge >= 0.3 is 41.5 Å². The molecule has 2 aliphatic rings. The summed E-state index contributed by atoms with van der Waals surface area (Å²) in [6.45, 7) is 2.13. The van der Waals surface area contributed by atoms with Crippen molar-refractivity contribution >= 4 is 31.8 Å². The molecular weight excluding hydrogens is 830 g/mol. The Morgan fingerprint density at radius 2 is 0.891 bits per heavy atom. The van der Waals surface area contributed by atoms with Crippen LogP contribution in [0.25, 0.3) is 0 Å². The second kappa shape index (κ2) is 27.2. The molecule has 2 atom stereocenters. The number of carboxylic acids is 1. The zero-order valence-electron chi connectivity index (χ0n) is 36.5. The van der Waals surface area contributed by atoms with Crippen LogP contribution >= 0.6 is 0 Å². The van der Waals surface area contributed by atoms with E-state index in [1.54, 1.807) is 21.3 Å². The number of carboxylic acid groups (broad SMARTS) is 1. The first-order chi connectivity index (χ1) is 29.8. The minimum Gasteiger partial charge on any atom is -0.870 e. The van der Waals surface area contributed by atoms with E-state index < -0.39 is 5.97 Å². The maximum Gasteiger partial charge on any atom is 1.00 e. The van der Waals surface area contributed by atoms with Crippen molar-refractivity contribution in [3.05, 3.63) is 149 Å². The Morgan fingerprint density at radius 3 is 1.22 bits per heavy atom. The summed E-state index contributed by atoms with van der Waals surface area (Å²) in [6.07, 6.45) is 1.53. The van der Waals surface area contributed by atoms with Crippen LogP contribution in [0, 0.1) is 0 Å². The number of rotatable bonds is 19. The fourth-order valence-electron chi connectivity index (χ4n) is 6.64. The number of benzene rings is 5. The van der Waals surface area contributed by atoms with Crippen LogP contribution in [0.2, 0.25) is 0 Å². The van der Waals surface area contributed by atoms with Crippen molar-refractivity contribution in [2.75, 3.05) is 34.5 Å².